The van der Waals surface area contributed by atoms with Crippen molar-refractivity contribution in [1.82, 2.24) is 4.98 Å². The van der Waals surface area contributed by atoms with Gasteiger partial charge in [-0.2, -0.15) is 0 Å². The Balaban J connectivity index is 1.72. The second kappa shape index (κ2) is 4.80. The standard InChI is InChI=1S/C13H12BNO3/c16-14-12-6-13(15-7-11(12)9-18-14)17-8-10-4-2-1-3-5-10/h1-7,16H,8-9H2. The smallest absolute Gasteiger partial charge is 0.473 e. The Morgan fingerprint density at radius 1 is 1.33 bits per heavy atom. The number of nitrogens with zero attached hydrogens (tertiary/aromatic N) is 1. The molecule has 0 spiro atoms. The zero-order valence-corrected chi connectivity index (χ0v) is 9.74. The van der Waals surface area contributed by atoms with Gasteiger partial charge in [-0.05, 0) is 16.6 Å². The fourth-order valence-electron chi connectivity index (χ4n) is 1.90. The molecule has 1 aliphatic heterocycles. The van der Waals surface area contributed by atoms with Gasteiger partial charge in [-0.3, -0.25) is 0 Å². The summed E-state index contributed by atoms with van der Waals surface area (Å²) < 4.78 is 10.7. The number of hydrogen-bond donors (Lipinski definition) is 1. The van der Waals surface area contributed by atoms with Crippen molar-refractivity contribution in [3.8, 4) is 5.88 Å². The molecule has 90 valence electrons. The lowest BCUT2D eigenvalue weighted by Crippen LogP contribution is -2.28. The molecule has 1 aromatic heterocycles. The van der Waals surface area contributed by atoms with Crippen molar-refractivity contribution < 1.29 is 14.4 Å². The van der Waals surface area contributed by atoms with Crippen molar-refractivity contribution >= 4 is 12.6 Å². The molecule has 0 saturated carbocycles. The van der Waals surface area contributed by atoms with Crippen LogP contribution in [0.3, 0.4) is 0 Å². The third kappa shape index (κ3) is 2.23. The Morgan fingerprint density at radius 2 is 2.17 bits per heavy atom. The number of hydrogen-bond acceptors (Lipinski definition) is 4. The van der Waals surface area contributed by atoms with Gasteiger partial charge in [-0.25, -0.2) is 4.98 Å². The Kier molecular flexibility index (Phi) is 3.00. The molecule has 0 bridgehead atoms. The lowest BCUT2D eigenvalue weighted by molar-refractivity contribution is 0.275. The molecule has 18 heavy (non-hydrogen) atoms. The number of ether oxygens (including phenoxy) is 1. The molecule has 4 nitrogen and oxygen atoms in total. The van der Waals surface area contributed by atoms with Crippen LogP contribution in [0.4, 0.5) is 0 Å². The highest BCUT2D eigenvalue weighted by molar-refractivity contribution is 6.61. The second-order valence-electron chi connectivity index (χ2n) is 4.16. The highest BCUT2D eigenvalue weighted by Crippen LogP contribution is 2.14. The summed E-state index contributed by atoms with van der Waals surface area (Å²) >= 11 is 0. The van der Waals surface area contributed by atoms with Crippen LogP contribution in [0.25, 0.3) is 0 Å². The Hall–Kier alpha value is -1.85. The summed E-state index contributed by atoms with van der Waals surface area (Å²) in [4.78, 5) is 4.19. The average molecular weight is 241 g/mol. The second-order valence-corrected chi connectivity index (χ2v) is 4.16. The van der Waals surface area contributed by atoms with Crippen molar-refractivity contribution in [3.63, 3.8) is 0 Å². The summed E-state index contributed by atoms with van der Waals surface area (Å²) in [5, 5.41) is 9.59. The average Bonchev–Trinajstić information content (AvgIpc) is 2.79. The number of rotatable bonds is 3. The van der Waals surface area contributed by atoms with E-state index >= 15 is 0 Å². The molecule has 2 heterocycles. The van der Waals surface area contributed by atoms with Crippen LogP contribution < -0.4 is 10.2 Å². The third-order valence-electron chi connectivity index (χ3n) is 2.89. The van der Waals surface area contributed by atoms with Gasteiger partial charge in [0, 0.05) is 12.3 Å². The normalized spacial score (nSPS) is 13.5. The van der Waals surface area contributed by atoms with Crippen molar-refractivity contribution in [1.29, 1.82) is 0 Å². The fraction of sp³-hybridized carbons (Fsp3) is 0.154. The van der Waals surface area contributed by atoms with Gasteiger partial charge in [0.25, 0.3) is 0 Å². The van der Waals surface area contributed by atoms with Crippen LogP contribution in [0.1, 0.15) is 11.1 Å². The maximum Gasteiger partial charge on any atom is 0.492 e. The Labute approximate surface area is 105 Å². The van der Waals surface area contributed by atoms with Crippen LogP contribution >= 0.6 is 0 Å². The molecule has 2 aromatic rings. The first kappa shape index (κ1) is 11.3. The summed E-state index contributed by atoms with van der Waals surface area (Å²) in [6.07, 6.45) is 1.69. The Bertz CT molecular complexity index is 547. The van der Waals surface area contributed by atoms with Crippen molar-refractivity contribution in [2.24, 2.45) is 0 Å². The SMILES string of the molecule is OB1OCc2cnc(OCc3ccccc3)cc21. The summed E-state index contributed by atoms with van der Waals surface area (Å²) in [7, 11) is -0.859. The molecule has 0 radical (unpaired) electrons. The molecule has 0 atom stereocenters. The van der Waals surface area contributed by atoms with Gasteiger partial charge >= 0.3 is 7.12 Å². The van der Waals surface area contributed by atoms with Gasteiger partial charge in [0.15, 0.2) is 0 Å². The van der Waals surface area contributed by atoms with Gasteiger partial charge in [-0.15, -0.1) is 0 Å². The molecule has 0 unspecified atom stereocenters. The van der Waals surface area contributed by atoms with E-state index in [1.165, 1.54) is 0 Å². The maximum atomic E-state index is 9.59. The van der Waals surface area contributed by atoms with E-state index in [2.05, 4.69) is 4.98 Å². The Morgan fingerprint density at radius 3 is 3.00 bits per heavy atom. The maximum absolute atomic E-state index is 9.59. The van der Waals surface area contributed by atoms with Crippen molar-refractivity contribution in [2.45, 2.75) is 13.2 Å². The first-order valence-corrected chi connectivity index (χ1v) is 5.78. The zero-order valence-electron chi connectivity index (χ0n) is 9.74. The topological polar surface area (TPSA) is 51.6 Å². The number of pyridine rings is 1. The molecule has 0 saturated heterocycles. The van der Waals surface area contributed by atoms with Crippen LogP contribution in [0.5, 0.6) is 5.88 Å². The molecule has 3 rings (SSSR count). The van der Waals surface area contributed by atoms with E-state index in [1.54, 1.807) is 12.3 Å². The largest absolute Gasteiger partial charge is 0.492 e. The van der Waals surface area contributed by atoms with Crippen molar-refractivity contribution in [2.75, 3.05) is 0 Å². The molecule has 1 aromatic carbocycles. The van der Waals surface area contributed by atoms with E-state index < -0.39 is 7.12 Å². The minimum Gasteiger partial charge on any atom is -0.473 e. The molecule has 5 heteroatoms. The highest BCUT2D eigenvalue weighted by atomic mass is 16.5. The molecular weight excluding hydrogens is 229 g/mol. The predicted molar refractivity (Wildman–Crippen MR) is 67.4 cm³/mol. The van der Waals surface area contributed by atoms with Crippen LogP contribution in [0.2, 0.25) is 0 Å². The highest BCUT2D eigenvalue weighted by Gasteiger charge is 2.28. The monoisotopic (exact) mass is 241 g/mol. The van der Waals surface area contributed by atoms with Gasteiger partial charge in [-0.1, -0.05) is 30.3 Å². The minimum atomic E-state index is -0.859. The van der Waals surface area contributed by atoms with Crippen molar-refractivity contribution in [3.05, 3.63) is 53.7 Å². The van der Waals surface area contributed by atoms with Crippen LogP contribution in [-0.2, 0) is 17.9 Å². The summed E-state index contributed by atoms with van der Waals surface area (Å²) in [6.45, 7) is 0.867. The summed E-state index contributed by atoms with van der Waals surface area (Å²) in [5.41, 5.74) is 2.74. The van der Waals surface area contributed by atoms with Crippen LogP contribution in [-0.4, -0.2) is 17.1 Å². The molecule has 1 N–H and O–H groups in total. The first-order valence-electron chi connectivity index (χ1n) is 5.78. The van der Waals surface area contributed by atoms with Gasteiger partial charge in [0.2, 0.25) is 5.88 Å². The first-order chi connectivity index (χ1) is 8.83. The lowest BCUT2D eigenvalue weighted by atomic mass is 9.80. The van der Waals surface area contributed by atoms with E-state index in [-0.39, 0.29) is 0 Å². The van der Waals surface area contributed by atoms with Gasteiger partial charge in [0.05, 0.1) is 6.61 Å². The van der Waals surface area contributed by atoms with Gasteiger partial charge < -0.3 is 14.4 Å². The third-order valence-corrected chi connectivity index (χ3v) is 2.89. The quantitative estimate of drug-likeness (QED) is 0.810. The predicted octanol–water partition coefficient (Wildman–Crippen LogP) is 0.878. The fourth-order valence-corrected chi connectivity index (χ4v) is 1.90. The van der Waals surface area contributed by atoms with E-state index in [0.29, 0.717) is 19.1 Å². The minimum absolute atomic E-state index is 0.405. The summed E-state index contributed by atoms with van der Waals surface area (Å²) in [6, 6.07) is 11.6. The van der Waals surface area contributed by atoms with E-state index in [1.807, 2.05) is 30.3 Å². The summed E-state index contributed by atoms with van der Waals surface area (Å²) in [5.74, 6) is 0.502. The lowest BCUT2D eigenvalue weighted by Gasteiger charge is -2.06. The molecule has 0 fully saturated rings. The van der Waals surface area contributed by atoms with Crippen LogP contribution in [0.15, 0.2) is 42.6 Å². The zero-order chi connectivity index (χ0) is 12.4. The molecule has 0 aliphatic carbocycles. The van der Waals surface area contributed by atoms with E-state index in [9.17, 15) is 5.02 Å². The molecule has 1 aliphatic rings. The number of fused-ring (bicyclic) bond motifs is 1. The van der Waals surface area contributed by atoms with E-state index in [0.717, 1.165) is 16.6 Å². The van der Waals surface area contributed by atoms with Crippen LogP contribution in [0, 0.1) is 0 Å². The molecule has 0 amide bonds. The van der Waals surface area contributed by atoms with E-state index in [4.69, 9.17) is 9.39 Å². The number of aromatic nitrogens is 1. The molecular formula is C13H12BNO3. The van der Waals surface area contributed by atoms with Gasteiger partial charge in [0.1, 0.15) is 6.61 Å². The number of benzene rings is 1.